The number of hydrogen-bond donors (Lipinski definition) is 3. The number of pyridine rings is 1. The number of aromatic nitrogens is 4. The molecule has 0 radical (unpaired) electrons. The molecule has 2 heterocycles. The summed E-state index contributed by atoms with van der Waals surface area (Å²) in [6, 6.07) is 1.63. The van der Waals surface area contributed by atoms with Gasteiger partial charge in [-0.2, -0.15) is 5.10 Å². The van der Waals surface area contributed by atoms with Gasteiger partial charge in [-0.3, -0.25) is 20.3 Å². The molecule has 2 aromatic heterocycles. The van der Waals surface area contributed by atoms with E-state index in [2.05, 4.69) is 25.8 Å². The number of aryl methyl sites for hydroxylation is 1. The molecule has 4 N–H and O–H groups in total. The number of hydrazine groups is 1. The van der Waals surface area contributed by atoms with Gasteiger partial charge in [0, 0.05) is 32.4 Å². The minimum atomic E-state index is -0.239. The van der Waals surface area contributed by atoms with Crippen molar-refractivity contribution in [3.8, 4) is 0 Å². The van der Waals surface area contributed by atoms with Crippen LogP contribution in [0.15, 0.2) is 24.8 Å². The second-order valence-corrected chi connectivity index (χ2v) is 3.91. The first-order chi connectivity index (χ1) is 9.20. The predicted molar refractivity (Wildman–Crippen MR) is 69.1 cm³/mol. The summed E-state index contributed by atoms with van der Waals surface area (Å²) in [5.41, 5.74) is 3.39. The highest BCUT2D eigenvalue weighted by atomic mass is 16.1. The summed E-state index contributed by atoms with van der Waals surface area (Å²) < 4.78 is 1.62. The number of anilines is 1. The molecule has 8 nitrogen and oxygen atoms in total. The zero-order valence-corrected chi connectivity index (χ0v) is 10.5. The normalized spacial score (nSPS) is 10.2. The first-order valence-electron chi connectivity index (χ1n) is 5.74. The van der Waals surface area contributed by atoms with Crippen molar-refractivity contribution in [2.24, 2.45) is 12.9 Å². The van der Waals surface area contributed by atoms with E-state index in [9.17, 15) is 4.79 Å². The van der Waals surface area contributed by atoms with E-state index in [1.54, 1.807) is 30.3 Å². The van der Waals surface area contributed by atoms with Crippen molar-refractivity contribution >= 4 is 11.6 Å². The lowest BCUT2D eigenvalue weighted by Crippen LogP contribution is -2.27. The quantitative estimate of drug-likeness (QED) is 0.493. The van der Waals surface area contributed by atoms with E-state index in [-0.39, 0.29) is 5.91 Å². The number of nitrogens with two attached hydrogens (primary N) is 1. The highest BCUT2D eigenvalue weighted by molar-refractivity contribution is 5.99. The summed E-state index contributed by atoms with van der Waals surface area (Å²) in [5.74, 6) is 5.78. The first-order valence-corrected chi connectivity index (χ1v) is 5.74. The van der Waals surface area contributed by atoms with Crippen molar-refractivity contribution in [3.05, 3.63) is 36.2 Å². The van der Waals surface area contributed by atoms with Crippen LogP contribution in [0.3, 0.4) is 0 Å². The average molecular weight is 261 g/mol. The van der Waals surface area contributed by atoms with Gasteiger partial charge in [0.2, 0.25) is 0 Å². The maximum atomic E-state index is 11.9. The Balaban J connectivity index is 1.90. The Bertz CT molecular complexity index is 566. The number of rotatable bonds is 5. The highest BCUT2D eigenvalue weighted by Gasteiger charge is 2.10. The Morgan fingerprint density at radius 2 is 2.37 bits per heavy atom. The molecule has 0 aliphatic heterocycles. The Labute approximate surface area is 110 Å². The number of carbonyl (C=O) groups excluding carboxylic acids is 1. The van der Waals surface area contributed by atoms with Crippen LogP contribution in [0.1, 0.15) is 16.2 Å². The number of nitrogen functional groups attached to an aromatic ring is 1. The molecule has 0 aliphatic rings. The standard InChI is InChI=1S/C11H15N7O/c1-18-7-15-10(17-18)3-5-14-11(19)8-6-13-4-2-9(8)16-12/h2,4,6-7H,3,5,12H2,1H3,(H,13,16)(H,14,19). The van der Waals surface area contributed by atoms with Crippen molar-refractivity contribution < 1.29 is 4.79 Å². The number of carbonyl (C=O) groups is 1. The minimum absolute atomic E-state index is 0.239. The van der Waals surface area contributed by atoms with Crippen LogP contribution in [-0.2, 0) is 13.5 Å². The van der Waals surface area contributed by atoms with Gasteiger partial charge in [-0.1, -0.05) is 0 Å². The summed E-state index contributed by atoms with van der Waals surface area (Å²) in [6.45, 7) is 0.446. The van der Waals surface area contributed by atoms with Gasteiger partial charge < -0.3 is 10.7 Å². The lowest BCUT2D eigenvalue weighted by atomic mass is 10.2. The van der Waals surface area contributed by atoms with Crippen LogP contribution in [0.25, 0.3) is 0 Å². The number of hydrogen-bond acceptors (Lipinski definition) is 6. The lowest BCUT2D eigenvalue weighted by molar-refractivity contribution is 0.0954. The summed E-state index contributed by atoms with van der Waals surface area (Å²) in [5, 5.41) is 6.89. The molecular weight excluding hydrogens is 246 g/mol. The van der Waals surface area contributed by atoms with Crippen molar-refractivity contribution in [2.75, 3.05) is 12.0 Å². The molecule has 0 fully saturated rings. The fourth-order valence-electron chi connectivity index (χ4n) is 1.58. The van der Waals surface area contributed by atoms with Gasteiger partial charge in [-0.15, -0.1) is 0 Å². The van der Waals surface area contributed by atoms with Gasteiger partial charge >= 0.3 is 0 Å². The molecule has 8 heteroatoms. The Morgan fingerprint density at radius 1 is 1.53 bits per heavy atom. The van der Waals surface area contributed by atoms with E-state index in [0.29, 0.717) is 30.0 Å². The van der Waals surface area contributed by atoms with Crippen LogP contribution < -0.4 is 16.6 Å². The molecule has 1 amide bonds. The number of amides is 1. The van der Waals surface area contributed by atoms with E-state index in [1.807, 2.05) is 0 Å². The molecule has 0 saturated heterocycles. The highest BCUT2D eigenvalue weighted by Crippen LogP contribution is 2.11. The van der Waals surface area contributed by atoms with Gasteiger partial charge in [-0.25, -0.2) is 4.98 Å². The van der Waals surface area contributed by atoms with E-state index in [0.717, 1.165) is 0 Å². The molecule has 0 atom stereocenters. The van der Waals surface area contributed by atoms with Gasteiger partial charge in [0.1, 0.15) is 6.33 Å². The third-order valence-electron chi connectivity index (χ3n) is 2.50. The van der Waals surface area contributed by atoms with Crippen LogP contribution in [0.5, 0.6) is 0 Å². The van der Waals surface area contributed by atoms with E-state index < -0.39 is 0 Å². The SMILES string of the molecule is Cn1cnc(CCNC(=O)c2cnccc2NN)n1. The third kappa shape index (κ3) is 3.26. The lowest BCUT2D eigenvalue weighted by Gasteiger charge is -2.08. The molecule has 0 saturated carbocycles. The van der Waals surface area contributed by atoms with Crippen molar-refractivity contribution in [3.63, 3.8) is 0 Å². The van der Waals surface area contributed by atoms with Crippen LogP contribution in [0.4, 0.5) is 5.69 Å². The zero-order valence-electron chi connectivity index (χ0n) is 10.5. The third-order valence-corrected chi connectivity index (χ3v) is 2.50. The Kier molecular flexibility index (Phi) is 4.04. The van der Waals surface area contributed by atoms with E-state index in [1.165, 1.54) is 6.20 Å². The van der Waals surface area contributed by atoms with Crippen molar-refractivity contribution in [1.82, 2.24) is 25.1 Å². The predicted octanol–water partition coefficient (Wildman–Crippen LogP) is -0.532. The Morgan fingerprint density at radius 3 is 3.05 bits per heavy atom. The van der Waals surface area contributed by atoms with Crippen LogP contribution in [0, 0.1) is 0 Å². The largest absolute Gasteiger partial charge is 0.351 e. The number of nitrogens with zero attached hydrogens (tertiary/aromatic N) is 4. The van der Waals surface area contributed by atoms with Crippen LogP contribution in [-0.4, -0.2) is 32.2 Å². The van der Waals surface area contributed by atoms with Crippen LogP contribution in [0.2, 0.25) is 0 Å². The fraction of sp³-hybridized carbons (Fsp3) is 0.273. The number of nitrogens with one attached hydrogen (secondary N) is 2. The van der Waals surface area contributed by atoms with Gasteiger partial charge in [-0.05, 0) is 6.07 Å². The summed E-state index contributed by atoms with van der Waals surface area (Å²) in [6.07, 6.45) is 5.21. The molecule has 0 unspecified atom stereocenters. The minimum Gasteiger partial charge on any atom is -0.351 e. The monoisotopic (exact) mass is 261 g/mol. The fourth-order valence-corrected chi connectivity index (χ4v) is 1.58. The van der Waals surface area contributed by atoms with E-state index in [4.69, 9.17) is 5.84 Å². The second kappa shape index (κ2) is 5.91. The molecule has 2 rings (SSSR count). The molecular formula is C11H15N7O. The maximum absolute atomic E-state index is 11.9. The second-order valence-electron chi connectivity index (χ2n) is 3.91. The molecule has 100 valence electrons. The average Bonchev–Trinajstić information content (AvgIpc) is 2.84. The molecule has 19 heavy (non-hydrogen) atoms. The molecule has 2 aromatic rings. The zero-order chi connectivity index (χ0) is 13.7. The molecule has 0 spiro atoms. The van der Waals surface area contributed by atoms with Crippen LogP contribution >= 0.6 is 0 Å². The molecule has 0 aliphatic carbocycles. The molecule has 0 bridgehead atoms. The van der Waals surface area contributed by atoms with Crippen molar-refractivity contribution in [1.29, 1.82) is 0 Å². The Hall–Kier alpha value is -2.48. The van der Waals surface area contributed by atoms with Gasteiger partial charge in [0.15, 0.2) is 5.82 Å². The molecule has 0 aromatic carbocycles. The van der Waals surface area contributed by atoms with Crippen molar-refractivity contribution in [2.45, 2.75) is 6.42 Å². The smallest absolute Gasteiger partial charge is 0.255 e. The van der Waals surface area contributed by atoms with Gasteiger partial charge in [0.25, 0.3) is 5.91 Å². The topological polar surface area (TPSA) is 111 Å². The first kappa shape index (κ1) is 13.0. The summed E-state index contributed by atoms with van der Waals surface area (Å²) in [4.78, 5) is 19.9. The van der Waals surface area contributed by atoms with Gasteiger partial charge in [0.05, 0.1) is 11.3 Å². The summed E-state index contributed by atoms with van der Waals surface area (Å²) in [7, 11) is 1.80. The van der Waals surface area contributed by atoms with E-state index >= 15 is 0 Å². The maximum Gasteiger partial charge on any atom is 0.255 e. The summed E-state index contributed by atoms with van der Waals surface area (Å²) >= 11 is 0.